The van der Waals surface area contributed by atoms with Crippen LogP contribution in [0, 0.1) is 11.8 Å². The van der Waals surface area contributed by atoms with Gasteiger partial charge < -0.3 is 10.1 Å². The van der Waals surface area contributed by atoms with Gasteiger partial charge >= 0.3 is 0 Å². The van der Waals surface area contributed by atoms with E-state index in [0.29, 0.717) is 0 Å². The number of hydrogen-bond acceptors (Lipinski definition) is 2. The zero-order valence-electron chi connectivity index (χ0n) is 11.4. The molecule has 0 aromatic carbocycles. The average Bonchev–Trinajstić information content (AvgIpc) is 2.40. The molecule has 100 valence electrons. The Hall–Kier alpha value is -0.0800. The highest BCUT2D eigenvalue weighted by Gasteiger charge is 2.26. The van der Waals surface area contributed by atoms with Crippen molar-refractivity contribution in [2.75, 3.05) is 19.8 Å². The summed E-state index contributed by atoms with van der Waals surface area (Å²) in [6, 6.07) is 0.781. The van der Waals surface area contributed by atoms with E-state index >= 15 is 0 Å². The van der Waals surface area contributed by atoms with Crippen LogP contribution in [0.4, 0.5) is 0 Å². The van der Waals surface area contributed by atoms with Crippen LogP contribution in [0.5, 0.6) is 0 Å². The summed E-state index contributed by atoms with van der Waals surface area (Å²) < 4.78 is 5.47. The minimum atomic E-state index is 0.781. The van der Waals surface area contributed by atoms with Gasteiger partial charge in [0.25, 0.3) is 0 Å². The molecule has 1 unspecified atom stereocenters. The molecule has 2 nitrogen and oxygen atoms in total. The smallest absolute Gasteiger partial charge is 0.0468 e. The normalized spacial score (nSPS) is 25.9. The Bertz CT molecular complexity index is 195. The predicted molar refractivity (Wildman–Crippen MR) is 72.2 cm³/mol. The molecule has 1 aliphatic carbocycles. The third-order valence-electron chi connectivity index (χ3n) is 4.61. The van der Waals surface area contributed by atoms with E-state index in [9.17, 15) is 0 Å². The van der Waals surface area contributed by atoms with Crippen LogP contribution in [0.1, 0.15) is 58.3 Å². The molecule has 0 aromatic rings. The van der Waals surface area contributed by atoms with E-state index in [2.05, 4.69) is 12.2 Å². The maximum atomic E-state index is 5.47. The first-order valence-electron chi connectivity index (χ1n) is 7.71. The molecule has 2 heteroatoms. The number of nitrogens with one attached hydrogen (secondary N) is 1. The standard InChI is InChI=1S/C15H29NO/c1-2-16-15(14-6-4-3-5-7-14)12-13-8-10-17-11-9-13/h13-16H,2-12H2,1H3. The Balaban J connectivity index is 1.81. The van der Waals surface area contributed by atoms with Gasteiger partial charge in [0.05, 0.1) is 0 Å². The average molecular weight is 239 g/mol. The van der Waals surface area contributed by atoms with Crippen LogP contribution >= 0.6 is 0 Å². The highest BCUT2D eigenvalue weighted by atomic mass is 16.5. The number of rotatable bonds is 5. The quantitative estimate of drug-likeness (QED) is 0.794. The number of ether oxygens (including phenoxy) is 1. The second-order valence-corrected chi connectivity index (χ2v) is 5.85. The highest BCUT2D eigenvalue weighted by Crippen LogP contribution is 2.31. The van der Waals surface area contributed by atoms with Gasteiger partial charge in [-0.1, -0.05) is 26.2 Å². The van der Waals surface area contributed by atoms with Gasteiger partial charge in [0, 0.05) is 19.3 Å². The molecule has 2 rings (SSSR count). The van der Waals surface area contributed by atoms with Crippen molar-refractivity contribution in [1.82, 2.24) is 5.32 Å². The number of hydrogen-bond donors (Lipinski definition) is 1. The lowest BCUT2D eigenvalue weighted by Crippen LogP contribution is -2.39. The Morgan fingerprint density at radius 3 is 2.41 bits per heavy atom. The minimum absolute atomic E-state index is 0.781. The molecule has 1 aliphatic heterocycles. The first-order chi connectivity index (χ1) is 8.40. The summed E-state index contributed by atoms with van der Waals surface area (Å²) in [5.41, 5.74) is 0. The van der Waals surface area contributed by atoms with Gasteiger partial charge in [0.15, 0.2) is 0 Å². The molecule has 17 heavy (non-hydrogen) atoms. The van der Waals surface area contributed by atoms with Crippen LogP contribution < -0.4 is 5.32 Å². The minimum Gasteiger partial charge on any atom is -0.381 e. The van der Waals surface area contributed by atoms with E-state index in [1.54, 1.807) is 0 Å². The summed E-state index contributed by atoms with van der Waals surface area (Å²) in [6.45, 7) is 5.37. The molecule has 1 heterocycles. The maximum absolute atomic E-state index is 5.47. The summed E-state index contributed by atoms with van der Waals surface area (Å²) in [4.78, 5) is 0. The lowest BCUT2D eigenvalue weighted by atomic mass is 9.79. The molecule has 0 aromatic heterocycles. The lowest BCUT2D eigenvalue weighted by molar-refractivity contribution is 0.0566. The molecule has 0 bridgehead atoms. The topological polar surface area (TPSA) is 21.3 Å². The molecule has 1 saturated heterocycles. The summed E-state index contributed by atoms with van der Waals surface area (Å²) >= 11 is 0. The largest absolute Gasteiger partial charge is 0.381 e. The van der Waals surface area contributed by atoms with E-state index in [0.717, 1.165) is 37.6 Å². The fourth-order valence-corrected chi connectivity index (χ4v) is 3.58. The molecule has 1 atom stereocenters. The van der Waals surface area contributed by atoms with Crippen LogP contribution in [0.15, 0.2) is 0 Å². The first kappa shape index (κ1) is 13.4. The highest BCUT2D eigenvalue weighted by molar-refractivity contribution is 4.82. The molecule has 0 spiro atoms. The Morgan fingerprint density at radius 1 is 1.06 bits per heavy atom. The van der Waals surface area contributed by atoms with E-state index in [-0.39, 0.29) is 0 Å². The van der Waals surface area contributed by atoms with Gasteiger partial charge in [-0.3, -0.25) is 0 Å². The molecule has 0 amide bonds. The van der Waals surface area contributed by atoms with Crippen molar-refractivity contribution in [2.24, 2.45) is 11.8 Å². The van der Waals surface area contributed by atoms with Crippen molar-refractivity contribution in [2.45, 2.75) is 64.3 Å². The van der Waals surface area contributed by atoms with Gasteiger partial charge in [-0.05, 0) is 50.5 Å². The second-order valence-electron chi connectivity index (χ2n) is 5.85. The van der Waals surface area contributed by atoms with Crippen LogP contribution in [0.3, 0.4) is 0 Å². The molecular formula is C15H29NO. The molecule has 1 N–H and O–H groups in total. The van der Waals surface area contributed by atoms with Crippen molar-refractivity contribution >= 4 is 0 Å². The monoisotopic (exact) mass is 239 g/mol. The van der Waals surface area contributed by atoms with Gasteiger partial charge in [-0.25, -0.2) is 0 Å². The van der Waals surface area contributed by atoms with Gasteiger partial charge in [0.2, 0.25) is 0 Å². The van der Waals surface area contributed by atoms with Gasteiger partial charge in [0.1, 0.15) is 0 Å². The molecule has 2 aliphatic rings. The third-order valence-corrected chi connectivity index (χ3v) is 4.61. The molecular weight excluding hydrogens is 210 g/mol. The van der Waals surface area contributed by atoms with Crippen molar-refractivity contribution in [3.63, 3.8) is 0 Å². The van der Waals surface area contributed by atoms with Crippen molar-refractivity contribution < 1.29 is 4.74 Å². The Morgan fingerprint density at radius 2 is 1.76 bits per heavy atom. The van der Waals surface area contributed by atoms with E-state index < -0.39 is 0 Å². The van der Waals surface area contributed by atoms with Gasteiger partial charge in [-0.15, -0.1) is 0 Å². The van der Waals surface area contributed by atoms with Crippen LogP contribution in [0.25, 0.3) is 0 Å². The Kier molecular flexibility index (Phi) is 5.79. The fourth-order valence-electron chi connectivity index (χ4n) is 3.58. The molecule has 0 radical (unpaired) electrons. The summed E-state index contributed by atoms with van der Waals surface area (Å²) in [5.74, 6) is 1.86. The predicted octanol–water partition coefficient (Wildman–Crippen LogP) is 3.36. The second kappa shape index (κ2) is 7.38. The van der Waals surface area contributed by atoms with E-state index in [1.807, 2.05) is 0 Å². The van der Waals surface area contributed by atoms with Crippen molar-refractivity contribution in [3.8, 4) is 0 Å². The van der Waals surface area contributed by atoms with Crippen LogP contribution in [0.2, 0.25) is 0 Å². The zero-order valence-corrected chi connectivity index (χ0v) is 11.4. The van der Waals surface area contributed by atoms with E-state index in [1.165, 1.54) is 51.4 Å². The van der Waals surface area contributed by atoms with Crippen molar-refractivity contribution in [1.29, 1.82) is 0 Å². The van der Waals surface area contributed by atoms with Crippen LogP contribution in [-0.4, -0.2) is 25.8 Å². The van der Waals surface area contributed by atoms with E-state index in [4.69, 9.17) is 4.74 Å². The lowest BCUT2D eigenvalue weighted by Gasteiger charge is -2.34. The summed E-state index contributed by atoms with van der Waals surface area (Å²) in [5, 5.41) is 3.76. The zero-order chi connectivity index (χ0) is 11.9. The maximum Gasteiger partial charge on any atom is 0.0468 e. The third kappa shape index (κ3) is 4.26. The first-order valence-corrected chi connectivity index (χ1v) is 7.71. The van der Waals surface area contributed by atoms with Crippen molar-refractivity contribution in [3.05, 3.63) is 0 Å². The van der Waals surface area contributed by atoms with Crippen LogP contribution in [-0.2, 0) is 4.74 Å². The summed E-state index contributed by atoms with van der Waals surface area (Å²) in [7, 11) is 0. The summed E-state index contributed by atoms with van der Waals surface area (Å²) in [6.07, 6.45) is 11.3. The SMILES string of the molecule is CCNC(CC1CCOCC1)C1CCCCC1. The molecule has 1 saturated carbocycles. The Labute approximate surface area is 107 Å². The molecule has 2 fully saturated rings. The van der Waals surface area contributed by atoms with Gasteiger partial charge in [-0.2, -0.15) is 0 Å². The fraction of sp³-hybridized carbons (Fsp3) is 1.00.